The highest BCUT2D eigenvalue weighted by molar-refractivity contribution is 5.84. The van der Waals surface area contributed by atoms with E-state index in [9.17, 15) is 4.79 Å². The van der Waals surface area contributed by atoms with E-state index >= 15 is 0 Å². The van der Waals surface area contributed by atoms with E-state index in [2.05, 4.69) is 6.58 Å². The van der Waals surface area contributed by atoms with Gasteiger partial charge in [0.05, 0.1) is 13.2 Å². The van der Waals surface area contributed by atoms with Crippen molar-refractivity contribution in [2.45, 2.75) is 20.8 Å². The number of esters is 1. The summed E-state index contributed by atoms with van der Waals surface area (Å²) in [7, 11) is 0. The number of rotatable bonds is 6. The molecular weight excluding hydrogens is 232 g/mol. The molecule has 0 spiro atoms. The molecule has 4 heteroatoms. The van der Waals surface area contributed by atoms with Crippen LogP contribution in [-0.4, -0.2) is 19.2 Å². The molecular formula is C14H18O4. The predicted molar refractivity (Wildman–Crippen MR) is 69.3 cm³/mol. The maximum absolute atomic E-state index is 11.3. The first kappa shape index (κ1) is 14.1. The van der Waals surface area contributed by atoms with Crippen LogP contribution in [0.15, 0.2) is 24.8 Å². The number of aryl methyl sites for hydroxylation is 1. The number of hydrogen-bond acceptors (Lipinski definition) is 4. The molecule has 0 amide bonds. The Labute approximate surface area is 107 Å². The van der Waals surface area contributed by atoms with Crippen LogP contribution >= 0.6 is 0 Å². The third kappa shape index (κ3) is 3.26. The van der Waals surface area contributed by atoms with Gasteiger partial charge in [-0.05, 0) is 32.4 Å². The molecule has 0 heterocycles. The number of ether oxygens (including phenoxy) is 3. The second-order valence-electron chi connectivity index (χ2n) is 3.53. The first-order chi connectivity index (χ1) is 8.63. The molecule has 18 heavy (non-hydrogen) atoms. The fourth-order valence-electron chi connectivity index (χ4n) is 1.46. The van der Waals surface area contributed by atoms with E-state index in [-0.39, 0.29) is 0 Å². The Morgan fingerprint density at radius 1 is 1.22 bits per heavy atom. The summed E-state index contributed by atoms with van der Waals surface area (Å²) in [6.45, 7) is 9.92. The lowest BCUT2D eigenvalue weighted by molar-refractivity contribution is -0.129. The van der Waals surface area contributed by atoms with Gasteiger partial charge >= 0.3 is 5.97 Å². The Morgan fingerprint density at radius 3 is 2.44 bits per heavy atom. The van der Waals surface area contributed by atoms with Gasteiger partial charge in [0.2, 0.25) is 5.75 Å². The summed E-state index contributed by atoms with van der Waals surface area (Å²) in [5, 5.41) is 0. The van der Waals surface area contributed by atoms with Crippen molar-refractivity contribution in [3.8, 4) is 17.2 Å². The van der Waals surface area contributed by atoms with Gasteiger partial charge in [0.1, 0.15) is 0 Å². The highest BCUT2D eigenvalue weighted by Gasteiger charge is 2.17. The lowest BCUT2D eigenvalue weighted by atomic mass is 10.2. The third-order valence-corrected chi connectivity index (χ3v) is 2.23. The van der Waals surface area contributed by atoms with Gasteiger partial charge in [0.25, 0.3) is 0 Å². The summed E-state index contributed by atoms with van der Waals surface area (Å²) in [6, 6.07) is 3.62. The Kier molecular flexibility index (Phi) is 5.24. The van der Waals surface area contributed by atoms with Gasteiger partial charge in [-0.2, -0.15) is 0 Å². The smallest absolute Gasteiger partial charge is 0.335 e. The summed E-state index contributed by atoms with van der Waals surface area (Å²) in [5.74, 6) is 0.881. The molecule has 1 rings (SSSR count). The van der Waals surface area contributed by atoms with Crippen LogP contribution in [0.1, 0.15) is 19.4 Å². The van der Waals surface area contributed by atoms with Crippen molar-refractivity contribution >= 4 is 5.97 Å². The van der Waals surface area contributed by atoms with Gasteiger partial charge in [0.15, 0.2) is 11.5 Å². The third-order valence-electron chi connectivity index (χ3n) is 2.23. The second-order valence-corrected chi connectivity index (χ2v) is 3.53. The maximum atomic E-state index is 11.3. The lowest BCUT2D eigenvalue weighted by Crippen LogP contribution is -2.08. The van der Waals surface area contributed by atoms with Crippen LogP contribution in [-0.2, 0) is 4.79 Å². The van der Waals surface area contributed by atoms with Crippen molar-refractivity contribution in [2.24, 2.45) is 0 Å². The number of hydrogen-bond donors (Lipinski definition) is 0. The first-order valence-electron chi connectivity index (χ1n) is 5.87. The lowest BCUT2D eigenvalue weighted by Gasteiger charge is -2.16. The molecule has 0 aliphatic heterocycles. The van der Waals surface area contributed by atoms with Gasteiger partial charge < -0.3 is 14.2 Å². The van der Waals surface area contributed by atoms with Gasteiger partial charge in [-0.1, -0.05) is 12.6 Å². The Bertz CT molecular complexity index is 438. The number of benzene rings is 1. The molecule has 0 fully saturated rings. The summed E-state index contributed by atoms with van der Waals surface area (Å²) < 4.78 is 16.2. The summed E-state index contributed by atoms with van der Waals surface area (Å²) in [6.07, 6.45) is 1.11. The van der Waals surface area contributed by atoms with Crippen molar-refractivity contribution < 1.29 is 19.0 Å². The number of carbonyl (C=O) groups is 1. The van der Waals surface area contributed by atoms with Crippen LogP contribution in [0.2, 0.25) is 0 Å². The van der Waals surface area contributed by atoms with Crippen molar-refractivity contribution in [3.63, 3.8) is 0 Å². The zero-order chi connectivity index (χ0) is 13.5. The van der Waals surface area contributed by atoms with Crippen molar-refractivity contribution in [1.29, 1.82) is 0 Å². The fraction of sp³-hybridized carbons (Fsp3) is 0.357. The fourth-order valence-corrected chi connectivity index (χ4v) is 1.46. The average molecular weight is 250 g/mol. The van der Waals surface area contributed by atoms with Crippen LogP contribution in [0.5, 0.6) is 17.2 Å². The molecule has 0 radical (unpaired) electrons. The van der Waals surface area contributed by atoms with E-state index in [0.717, 1.165) is 11.6 Å². The SMILES string of the molecule is C=CC(=O)Oc1c(C)ccc(OCC)c1OCC. The van der Waals surface area contributed by atoms with E-state index < -0.39 is 5.97 Å². The Morgan fingerprint density at radius 2 is 1.89 bits per heavy atom. The minimum Gasteiger partial charge on any atom is -0.490 e. The molecule has 1 aromatic rings. The zero-order valence-corrected chi connectivity index (χ0v) is 11.0. The van der Waals surface area contributed by atoms with Crippen molar-refractivity contribution in [2.75, 3.05) is 13.2 Å². The molecule has 4 nitrogen and oxygen atoms in total. The van der Waals surface area contributed by atoms with Crippen molar-refractivity contribution in [3.05, 3.63) is 30.4 Å². The monoisotopic (exact) mass is 250 g/mol. The van der Waals surface area contributed by atoms with Crippen LogP contribution in [0.3, 0.4) is 0 Å². The minimum atomic E-state index is -0.521. The van der Waals surface area contributed by atoms with Gasteiger partial charge in [-0.25, -0.2) is 4.79 Å². The highest BCUT2D eigenvalue weighted by Crippen LogP contribution is 2.40. The Balaban J connectivity index is 3.21. The van der Waals surface area contributed by atoms with Crippen LogP contribution < -0.4 is 14.2 Å². The standard InChI is InChI=1S/C14H18O4/c1-5-12(15)18-13-10(4)8-9-11(16-6-2)14(13)17-7-3/h5,8-9H,1,6-7H2,2-4H3. The van der Waals surface area contributed by atoms with Crippen molar-refractivity contribution in [1.82, 2.24) is 0 Å². The number of carbonyl (C=O) groups excluding carboxylic acids is 1. The zero-order valence-electron chi connectivity index (χ0n) is 11.0. The maximum Gasteiger partial charge on any atom is 0.335 e. The Hall–Kier alpha value is -1.97. The molecule has 0 aliphatic rings. The minimum absolute atomic E-state index is 0.382. The second kappa shape index (κ2) is 6.69. The van der Waals surface area contributed by atoms with Gasteiger partial charge in [-0.3, -0.25) is 0 Å². The van der Waals surface area contributed by atoms with Crippen LogP contribution in [0.4, 0.5) is 0 Å². The van der Waals surface area contributed by atoms with Gasteiger partial charge in [-0.15, -0.1) is 0 Å². The molecule has 0 saturated heterocycles. The van der Waals surface area contributed by atoms with Gasteiger partial charge in [0, 0.05) is 6.08 Å². The van der Waals surface area contributed by atoms with E-state index in [0.29, 0.717) is 30.5 Å². The van der Waals surface area contributed by atoms with Crippen LogP contribution in [0, 0.1) is 6.92 Å². The average Bonchev–Trinajstić information content (AvgIpc) is 2.37. The highest BCUT2D eigenvalue weighted by atomic mass is 16.6. The molecule has 0 saturated carbocycles. The topological polar surface area (TPSA) is 44.8 Å². The summed E-state index contributed by atoms with van der Waals surface area (Å²) in [4.78, 5) is 11.3. The molecule has 0 atom stereocenters. The molecule has 1 aromatic carbocycles. The van der Waals surface area contributed by atoms with E-state index in [4.69, 9.17) is 14.2 Å². The predicted octanol–water partition coefficient (Wildman–Crippen LogP) is 2.88. The molecule has 0 unspecified atom stereocenters. The van der Waals surface area contributed by atoms with E-state index in [1.54, 1.807) is 6.07 Å². The molecule has 0 N–H and O–H groups in total. The molecule has 0 bridgehead atoms. The molecule has 98 valence electrons. The molecule has 0 aliphatic carbocycles. The quantitative estimate of drug-likeness (QED) is 0.442. The van der Waals surface area contributed by atoms with E-state index in [1.165, 1.54) is 0 Å². The normalized spacial score (nSPS) is 9.72. The largest absolute Gasteiger partial charge is 0.490 e. The molecule has 0 aromatic heterocycles. The van der Waals surface area contributed by atoms with E-state index in [1.807, 2.05) is 26.8 Å². The summed E-state index contributed by atoms with van der Waals surface area (Å²) >= 11 is 0. The van der Waals surface area contributed by atoms with Crippen LogP contribution in [0.25, 0.3) is 0 Å². The first-order valence-corrected chi connectivity index (χ1v) is 5.87. The summed E-state index contributed by atoms with van der Waals surface area (Å²) in [5.41, 5.74) is 0.803.